The van der Waals surface area contributed by atoms with E-state index in [4.69, 9.17) is 9.47 Å². The molecule has 206 valence electrons. The molecule has 36 heavy (non-hydrogen) atoms. The fourth-order valence-corrected chi connectivity index (χ4v) is 6.34. The lowest BCUT2D eigenvalue weighted by Gasteiger charge is -2.47. The van der Waals surface area contributed by atoms with Gasteiger partial charge >= 0.3 is 0 Å². The van der Waals surface area contributed by atoms with Crippen molar-refractivity contribution in [3.05, 3.63) is 0 Å². The van der Waals surface area contributed by atoms with Crippen molar-refractivity contribution in [3.8, 4) is 0 Å². The van der Waals surface area contributed by atoms with E-state index in [2.05, 4.69) is 37.9 Å². The summed E-state index contributed by atoms with van der Waals surface area (Å²) in [5, 5.41) is 3.37. The van der Waals surface area contributed by atoms with Crippen LogP contribution in [0.25, 0.3) is 0 Å². The zero-order chi connectivity index (χ0) is 25.7. The Morgan fingerprint density at radius 2 is 1.64 bits per heavy atom. The summed E-state index contributed by atoms with van der Waals surface area (Å²) >= 11 is 0. The van der Waals surface area contributed by atoms with Gasteiger partial charge < -0.3 is 29.5 Å². The van der Waals surface area contributed by atoms with E-state index in [1.807, 2.05) is 9.80 Å². The molecule has 4 aliphatic heterocycles. The first-order valence-electron chi connectivity index (χ1n) is 14.6. The van der Waals surface area contributed by atoms with E-state index in [9.17, 15) is 9.59 Å². The van der Waals surface area contributed by atoms with Gasteiger partial charge in [0.15, 0.2) is 5.79 Å². The lowest BCUT2D eigenvalue weighted by atomic mass is 9.95. The highest BCUT2D eigenvalue weighted by molar-refractivity contribution is 5.90. The van der Waals surface area contributed by atoms with E-state index < -0.39 is 5.79 Å². The zero-order valence-corrected chi connectivity index (χ0v) is 23.2. The van der Waals surface area contributed by atoms with Crippen molar-refractivity contribution in [1.29, 1.82) is 0 Å². The van der Waals surface area contributed by atoms with Crippen molar-refractivity contribution < 1.29 is 19.1 Å². The minimum Gasteiger partial charge on any atom is -0.349 e. The topological polar surface area (TPSA) is 74.3 Å². The number of ether oxygens (including phenoxy) is 2. The maximum absolute atomic E-state index is 13.8. The van der Waals surface area contributed by atoms with Crippen LogP contribution in [0, 0.1) is 17.8 Å². The molecule has 4 rings (SSSR count). The average molecular weight is 507 g/mol. The molecule has 0 aromatic carbocycles. The highest BCUT2D eigenvalue weighted by Crippen LogP contribution is 2.33. The average Bonchev–Trinajstić information content (AvgIpc) is 2.86. The second-order valence-electron chi connectivity index (χ2n) is 12.4. The first-order chi connectivity index (χ1) is 17.3. The monoisotopic (exact) mass is 506 g/mol. The Morgan fingerprint density at radius 3 is 2.25 bits per heavy atom. The van der Waals surface area contributed by atoms with E-state index in [-0.39, 0.29) is 23.9 Å². The number of nitrogens with zero attached hydrogens (tertiary/aromatic N) is 3. The van der Waals surface area contributed by atoms with E-state index >= 15 is 0 Å². The Hall–Kier alpha value is -1.22. The van der Waals surface area contributed by atoms with E-state index in [1.165, 1.54) is 32.4 Å². The maximum Gasteiger partial charge on any atom is 0.245 e. The van der Waals surface area contributed by atoms with Gasteiger partial charge in [0, 0.05) is 51.5 Å². The number of likely N-dealkylation sites (tertiary alicyclic amines) is 2. The molecule has 0 aromatic rings. The van der Waals surface area contributed by atoms with Gasteiger partial charge in [0.25, 0.3) is 0 Å². The zero-order valence-electron chi connectivity index (χ0n) is 23.2. The summed E-state index contributed by atoms with van der Waals surface area (Å²) in [6, 6.07) is -0.571. The Bertz CT molecular complexity index is 721. The van der Waals surface area contributed by atoms with Crippen molar-refractivity contribution in [2.45, 2.75) is 90.5 Å². The van der Waals surface area contributed by atoms with E-state index in [1.54, 1.807) is 0 Å². The molecular weight excluding hydrogens is 456 g/mol. The fraction of sp³-hybridized carbons (Fsp3) is 0.929. The third kappa shape index (κ3) is 7.00. The molecular formula is C28H50N4O4. The molecule has 0 unspecified atom stereocenters. The smallest absolute Gasteiger partial charge is 0.245 e. The maximum atomic E-state index is 13.8. The lowest BCUT2D eigenvalue weighted by Crippen LogP contribution is -2.63. The van der Waals surface area contributed by atoms with Crippen molar-refractivity contribution in [2.75, 3.05) is 59.0 Å². The molecule has 1 spiro atoms. The number of rotatable bonds is 8. The molecule has 0 saturated carbocycles. The summed E-state index contributed by atoms with van der Waals surface area (Å²) in [5.41, 5.74) is 0. The Morgan fingerprint density at radius 1 is 0.972 bits per heavy atom. The van der Waals surface area contributed by atoms with Crippen LogP contribution in [-0.4, -0.2) is 103 Å². The van der Waals surface area contributed by atoms with Crippen LogP contribution in [0.3, 0.4) is 0 Å². The summed E-state index contributed by atoms with van der Waals surface area (Å²) in [4.78, 5) is 33.5. The van der Waals surface area contributed by atoms with Crippen LogP contribution in [0.5, 0.6) is 0 Å². The van der Waals surface area contributed by atoms with Crippen molar-refractivity contribution in [2.24, 2.45) is 17.8 Å². The van der Waals surface area contributed by atoms with Crippen LogP contribution in [0.4, 0.5) is 0 Å². The van der Waals surface area contributed by atoms with Crippen LogP contribution >= 0.6 is 0 Å². The van der Waals surface area contributed by atoms with E-state index in [0.717, 1.165) is 32.7 Å². The molecule has 1 N–H and O–H groups in total. The van der Waals surface area contributed by atoms with Gasteiger partial charge in [-0.2, -0.15) is 0 Å². The quantitative estimate of drug-likeness (QED) is 0.546. The summed E-state index contributed by atoms with van der Waals surface area (Å²) < 4.78 is 12.7. The van der Waals surface area contributed by atoms with E-state index in [0.29, 0.717) is 56.7 Å². The first kappa shape index (κ1) is 27.8. The standard InChI is InChI=1S/C28H50N4O4/c1-21(2)16-24-26(33)32(15-10-29-24)25(17-22(3)4)27(34)31-13-8-28(9-14-31)35-19-23(20-36-28)18-30-11-6-5-7-12-30/h21-25,29H,5-20H2,1-4H3/t24-,25-/m0/s1. The van der Waals surface area contributed by atoms with Gasteiger partial charge in [0.2, 0.25) is 11.8 Å². The second kappa shape index (κ2) is 12.5. The first-order valence-corrected chi connectivity index (χ1v) is 14.6. The number of carbonyl (C=O) groups is 2. The van der Waals surface area contributed by atoms with Gasteiger partial charge in [-0.1, -0.05) is 34.1 Å². The molecule has 8 nitrogen and oxygen atoms in total. The number of hydrogen-bond donors (Lipinski definition) is 1. The normalized spacial score (nSPS) is 27.3. The summed E-state index contributed by atoms with van der Waals surface area (Å²) in [6.07, 6.45) is 6.87. The lowest BCUT2D eigenvalue weighted by molar-refractivity contribution is -0.298. The molecule has 2 amide bonds. The van der Waals surface area contributed by atoms with Gasteiger partial charge in [0.05, 0.1) is 19.3 Å². The van der Waals surface area contributed by atoms with Crippen LogP contribution in [0.1, 0.15) is 72.6 Å². The number of piperazine rings is 1. The molecule has 4 fully saturated rings. The number of carbonyl (C=O) groups excluding carboxylic acids is 2. The largest absolute Gasteiger partial charge is 0.349 e. The van der Waals surface area contributed by atoms with Crippen LogP contribution in [0.2, 0.25) is 0 Å². The minimum absolute atomic E-state index is 0.0844. The van der Waals surface area contributed by atoms with Gasteiger partial charge in [-0.3, -0.25) is 9.59 Å². The molecule has 4 saturated heterocycles. The molecule has 8 heteroatoms. The highest BCUT2D eigenvalue weighted by Gasteiger charge is 2.44. The second-order valence-corrected chi connectivity index (χ2v) is 12.4. The number of piperidine rings is 2. The third-order valence-corrected chi connectivity index (χ3v) is 8.35. The summed E-state index contributed by atoms with van der Waals surface area (Å²) in [7, 11) is 0. The van der Waals surface area contributed by atoms with Gasteiger partial charge in [-0.05, 0) is 50.6 Å². The van der Waals surface area contributed by atoms with Crippen LogP contribution in [-0.2, 0) is 19.1 Å². The molecule has 4 aliphatic rings. The Balaban J connectivity index is 1.31. The molecule has 2 atom stereocenters. The Labute approximate surface area is 218 Å². The highest BCUT2D eigenvalue weighted by atomic mass is 16.7. The van der Waals surface area contributed by atoms with Crippen LogP contribution < -0.4 is 5.32 Å². The predicted octanol–water partition coefficient (Wildman–Crippen LogP) is 2.72. The molecule has 0 radical (unpaired) electrons. The van der Waals surface area contributed by atoms with Crippen LogP contribution in [0.15, 0.2) is 0 Å². The molecule has 4 heterocycles. The number of nitrogens with one attached hydrogen (secondary N) is 1. The van der Waals surface area contributed by atoms with Gasteiger partial charge in [-0.25, -0.2) is 0 Å². The fourth-order valence-electron chi connectivity index (χ4n) is 6.34. The molecule has 0 aromatic heterocycles. The predicted molar refractivity (Wildman–Crippen MR) is 140 cm³/mol. The SMILES string of the molecule is CC(C)C[C@@H]1NCCN([C@@H](CC(C)C)C(=O)N2CCC3(CC2)OCC(CN2CCCCC2)CO3)C1=O. The van der Waals surface area contributed by atoms with Crippen molar-refractivity contribution in [3.63, 3.8) is 0 Å². The van der Waals surface area contributed by atoms with Crippen molar-refractivity contribution in [1.82, 2.24) is 20.0 Å². The number of hydrogen-bond acceptors (Lipinski definition) is 6. The molecule has 0 aliphatic carbocycles. The summed E-state index contributed by atoms with van der Waals surface area (Å²) in [5.74, 6) is 0.830. The minimum atomic E-state index is -0.546. The molecule has 0 bridgehead atoms. The van der Waals surface area contributed by atoms with Gasteiger partial charge in [0.1, 0.15) is 6.04 Å². The van der Waals surface area contributed by atoms with Crippen molar-refractivity contribution >= 4 is 11.8 Å². The third-order valence-electron chi connectivity index (χ3n) is 8.35. The van der Waals surface area contributed by atoms with Gasteiger partial charge in [-0.15, -0.1) is 0 Å². The number of amides is 2. The Kier molecular flexibility index (Phi) is 9.69. The summed E-state index contributed by atoms with van der Waals surface area (Å²) in [6.45, 7) is 16.1.